The van der Waals surface area contributed by atoms with E-state index in [0.29, 0.717) is 34.5 Å². The highest BCUT2D eigenvalue weighted by atomic mass is 32.1. The molecule has 4 heterocycles. The highest BCUT2D eigenvalue weighted by Gasteiger charge is 2.52. The normalized spacial score (nSPS) is 32.0. The van der Waals surface area contributed by atoms with Crippen molar-refractivity contribution in [3.05, 3.63) is 24.3 Å². The maximum absolute atomic E-state index is 11.0. The van der Waals surface area contributed by atoms with Gasteiger partial charge in [-0.2, -0.15) is 0 Å². The van der Waals surface area contributed by atoms with Gasteiger partial charge in [-0.1, -0.05) is 12.1 Å². The summed E-state index contributed by atoms with van der Waals surface area (Å²) >= 11 is 5.34. The molecule has 0 aliphatic carbocycles. The van der Waals surface area contributed by atoms with Crippen LogP contribution >= 0.6 is 12.2 Å². The molecule has 24 heavy (non-hydrogen) atoms. The van der Waals surface area contributed by atoms with Crippen LogP contribution in [-0.4, -0.2) is 64.3 Å². The molecule has 4 N–H and O–H groups in total. The largest absolute Gasteiger partial charge is 0.481 e. The number of piperidine rings is 3. The van der Waals surface area contributed by atoms with Gasteiger partial charge in [0.1, 0.15) is 5.60 Å². The van der Waals surface area contributed by atoms with Crippen molar-refractivity contribution >= 4 is 42.3 Å². The minimum absolute atomic E-state index is 0.294. The molecule has 3 saturated heterocycles. The number of thiocarbonyl (C=S) groups is 1. The van der Waals surface area contributed by atoms with E-state index in [1.54, 1.807) is 0 Å². The Morgan fingerprint density at radius 2 is 2.17 bits per heavy atom. The molecular weight excluding hydrogens is 321 g/mol. The lowest BCUT2D eigenvalue weighted by Gasteiger charge is -2.55. The Hall–Kier alpha value is -1.64. The number of hydrogen-bond acceptors (Lipinski definition) is 3. The van der Waals surface area contributed by atoms with Crippen LogP contribution in [0.3, 0.4) is 0 Å². The number of anilines is 1. The Morgan fingerprint density at radius 3 is 2.88 bits per heavy atom. The van der Waals surface area contributed by atoms with E-state index in [9.17, 15) is 5.11 Å². The molecule has 1 unspecified atom stereocenters. The van der Waals surface area contributed by atoms with E-state index in [-0.39, 0.29) is 0 Å². The van der Waals surface area contributed by atoms with Crippen LogP contribution in [-0.2, 0) is 0 Å². The van der Waals surface area contributed by atoms with E-state index in [4.69, 9.17) is 20.2 Å². The van der Waals surface area contributed by atoms with Crippen LogP contribution in [0.1, 0.15) is 12.8 Å². The SMILES string of the molecule is [B][N+]12CCC(CC1)C(O)(CNC(=S)Nc1nc3ccccc3[nH]1)C2. The average Bonchev–Trinajstić information content (AvgIpc) is 2.95. The van der Waals surface area contributed by atoms with Gasteiger partial charge >= 0.3 is 7.98 Å². The molecule has 3 fully saturated rings. The van der Waals surface area contributed by atoms with Crippen LogP contribution < -0.4 is 10.6 Å². The molecule has 0 spiro atoms. The van der Waals surface area contributed by atoms with Crippen LogP contribution in [0.15, 0.2) is 24.3 Å². The van der Waals surface area contributed by atoms with Crippen molar-refractivity contribution in [1.82, 2.24) is 15.3 Å². The van der Waals surface area contributed by atoms with Crippen molar-refractivity contribution in [3.8, 4) is 0 Å². The highest BCUT2D eigenvalue weighted by molar-refractivity contribution is 7.80. The summed E-state index contributed by atoms with van der Waals surface area (Å²) in [5, 5.41) is 17.6. The van der Waals surface area contributed by atoms with Crippen LogP contribution in [0, 0.1) is 5.92 Å². The minimum Gasteiger partial charge on any atom is -0.394 e. The predicted molar refractivity (Wildman–Crippen MR) is 98.6 cm³/mol. The zero-order valence-electron chi connectivity index (χ0n) is 13.5. The quantitative estimate of drug-likeness (QED) is 0.493. The Bertz CT molecular complexity index is 740. The third-order valence-corrected chi connectivity index (χ3v) is 5.62. The van der Waals surface area contributed by atoms with Gasteiger partial charge in [0.05, 0.1) is 37.2 Å². The van der Waals surface area contributed by atoms with Gasteiger partial charge in [0, 0.05) is 18.8 Å². The van der Waals surface area contributed by atoms with Gasteiger partial charge < -0.3 is 25.1 Å². The first-order chi connectivity index (χ1) is 11.5. The molecule has 124 valence electrons. The van der Waals surface area contributed by atoms with Crippen molar-refractivity contribution in [3.63, 3.8) is 0 Å². The number of para-hydroxylation sites is 2. The van der Waals surface area contributed by atoms with E-state index in [1.807, 2.05) is 24.3 Å². The number of benzene rings is 1. The summed E-state index contributed by atoms with van der Waals surface area (Å²) in [6.45, 7) is 2.89. The topological polar surface area (TPSA) is 73.0 Å². The lowest BCUT2D eigenvalue weighted by molar-refractivity contribution is -0.846. The number of aromatic nitrogens is 2. The van der Waals surface area contributed by atoms with Crippen molar-refractivity contribution in [1.29, 1.82) is 0 Å². The van der Waals surface area contributed by atoms with Crippen LogP contribution in [0.2, 0.25) is 0 Å². The summed E-state index contributed by atoms with van der Waals surface area (Å²) < 4.78 is 0.471. The molecule has 6 nitrogen and oxygen atoms in total. The Labute approximate surface area is 147 Å². The van der Waals surface area contributed by atoms with Gasteiger partial charge in [-0.15, -0.1) is 0 Å². The molecule has 0 amide bonds. The molecule has 2 aromatic rings. The monoisotopic (exact) mass is 342 g/mol. The molecule has 2 bridgehead atoms. The van der Waals surface area contributed by atoms with Crippen molar-refractivity contribution < 1.29 is 9.50 Å². The number of nitrogens with zero attached hydrogens (tertiary/aromatic N) is 2. The lowest BCUT2D eigenvalue weighted by Crippen LogP contribution is -2.70. The third-order valence-electron chi connectivity index (χ3n) is 5.37. The number of imidazole rings is 1. The number of fused-ring (bicyclic) bond motifs is 4. The molecule has 3 aliphatic heterocycles. The van der Waals surface area contributed by atoms with E-state index >= 15 is 0 Å². The molecule has 1 aromatic carbocycles. The van der Waals surface area contributed by atoms with Crippen LogP contribution in [0.4, 0.5) is 5.95 Å². The zero-order chi connectivity index (χ0) is 16.8. The van der Waals surface area contributed by atoms with Crippen molar-refractivity contribution in [2.75, 3.05) is 31.5 Å². The Kier molecular flexibility index (Phi) is 3.78. The number of quaternary nitrogens is 1. The summed E-state index contributed by atoms with van der Waals surface area (Å²) in [4.78, 5) is 7.61. The lowest BCUT2D eigenvalue weighted by atomic mass is 9.72. The number of rotatable bonds is 3. The number of hydrogen-bond donors (Lipinski definition) is 4. The second-order valence-electron chi connectivity index (χ2n) is 7.11. The maximum atomic E-state index is 11.0. The van der Waals surface area contributed by atoms with Gasteiger partial charge in [-0.25, -0.2) is 4.98 Å². The van der Waals surface area contributed by atoms with Gasteiger partial charge in [-0.05, 0) is 24.4 Å². The van der Waals surface area contributed by atoms with Gasteiger partial charge in [0.25, 0.3) is 0 Å². The molecule has 2 radical (unpaired) electrons. The van der Waals surface area contributed by atoms with E-state index < -0.39 is 5.60 Å². The summed E-state index contributed by atoms with van der Waals surface area (Å²) in [6, 6.07) is 7.80. The fourth-order valence-electron chi connectivity index (χ4n) is 4.05. The number of H-pyrrole nitrogens is 1. The minimum atomic E-state index is -0.801. The molecule has 0 saturated carbocycles. The first-order valence-electron chi connectivity index (χ1n) is 8.33. The number of nitrogens with one attached hydrogen (secondary N) is 3. The fraction of sp³-hybridized carbons (Fsp3) is 0.500. The Morgan fingerprint density at radius 1 is 1.42 bits per heavy atom. The Balaban J connectivity index is 1.38. The summed E-state index contributed by atoms with van der Waals surface area (Å²) in [5.41, 5.74) is 1.03. The van der Waals surface area contributed by atoms with Gasteiger partial charge in [0.2, 0.25) is 5.95 Å². The van der Waals surface area contributed by atoms with E-state index in [1.165, 1.54) is 0 Å². The first kappa shape index (κ1) is 15.9. The van der Waals surface area contributed by atoms with Gasteiger partial charge in [0.15, 0.2) is 5.11 Å². The molecule has 1 aromatic heterocycles. The molecular formula is C16H21BN5OS+. The zero-order valence-corrected chi connectivity index (χ0v) is 14.3. The molecule has 8 heteroatoms. The third kappa shape index (κ3) is 2.89. The smallest absolute Gasteiger partial charge is 0.394 e. The molecule has 3 aliphatic rings. The van der Waals surface area contributed by atoms with Crippen LogP contribution in [0.5, 0.6) is 0 Å². The number of aliphatic hydroxyl groups is 1. The number of aromatic amines is 1. The summed E-state index contributed by atoms with van der Waals surface area (Å²) in [7, 11) is 6.33. The van der Waals surface area contributed by atoms with E-state index in [2.05, 4.69) is 20.6 Å². The second kappa shape index (κ2) is 5.72. The molecule has 5 rings (SSSR count). The fourth-order valence-corrected chi connectivity index (χ4v) is 4.22. The second-order valence-corrected chi connectivity index (χ2v) is 7.52. The van der Waals surface area contributed by atoms with Crippen molar-refractivity contribution in [2.45, 2.75) is 18.4 Å². The predicted octanol–water partition coefficient (Wildman–Crippen LogP) is 0.904. The summed E-state index contributed by atoms with van der Waals surface area (Å²) in [6.07, 6.45) is 1.94. The average molecular weight is 342 g/mol. The van der Waals surface area contributed by atoms with E-state index in [0.717, 1.165) is 37.0 Å². The van der Waals surface area contributed by atoms with Crippen LogP contribution in [0.25, 0.3) is 11.0 Å². The maximum Gasteiger partial charge on any atom is 0.481 e. The highest BCUT2D eigenvalue weighted by Crippen LogP contribution is 2.38. The molecule has 1 atom stereocenters. The summed E-state index contributed by atoms with van der Waals surface area (Å²) in [5.74, 6) is 0.888. The standard InChI is InChI=1S/C16H21BN5OS/c17-22-7-5-11(6-8-22)16(23,10-22)9-18-15(24)21-14-19-12-3-1-2-4-13(12)20-14/h1-4,11,23H,5-10H2,(H3,18,19,20,21,24)/q+1. The first-order valence-corrected chi connectivity index (χ1v) is 8.73. The van der Waals surface area contributed by atoms with Gasteiger partial charge in [-0.3, -0.25) is 0 Å². The van der Waals surface area contributed by atoms with Crippen molar-refractivity contribution in [2.24, 2.45) is 5.92 Å².